The zero-order chi connectivity index (χ0) is 22.4. The molecule has 10 nitrogen and oxygen atoms in total. The summed E-state index contributed by atoms with van der Waals surface area (Å²) in [6.07, 6.45) is 0. The van der Waals surface area contributed by atoms with E-state index >= 15 is 0 Å². The highest BCUT2D eigenvalue weighted by Gasteiger charge is 2.40. The van der Waals surface area contributed by atoms with Crippen LogP contribution in [0.4, 0.5) is 17.1 Å². The molecule has 3 aromatic carbocycles. The number of benzene rings is 3. The van der Waals surface area contributed by atoms with E-state index in [1.807, 2.05) is 0 Å². The fourth-order valence-corrected chi connectivity index (χ4v) is 3.51. The second kappa shape index (κ2) is 6.95. The summed E-state index contributed by atoms with van der Waals surface area (Å²) in [6.45, 7) is 0. The number of carbonyl (C=O) groups excluding carboxylic acids is 3. The average molecular weight is 419 g/mol. The van der Waals surface area contributed by atoms with E-state index in [9.17, 15) is 34.7 Å². The number of hydrogen-bond donors (Lipinski definition) is 4. The molecule has 0 spiro atoms. The first-order valence-corrected chi connectivity index (χ1v) is 8.83. The summed E-state index contributed by atoms with van der Waals surface area (Å²) in [5.74, 6) is -3.67. The fourth-order valence-electron chi connectivity index (χ4n) is 3.51. The molecule has 3 aromatic rings. The zero-order valence-corrected chi connectivity index (χ0v) is 15.6. The van der Waals surface area contributed by atoms with Crippen LogP contribution in [0.2, 0.25) is 0 Å². The van der Waals surface area contributed by atoms with Crippen LogP contribution < -0.4 is 11.1 Å². The number of nitrogens with two attached hydrogens (primary N) is 1. The van der Waals surface area contributed by atoms with Gasteiger partial charge in [0, 0.05) is 17.3 Å². The van der Waals surface area contributed by atoms with Crippen molar-refractivity contribution in [3.05, 3.63) is 86.5 Å². The lowest BCUT2D eigenvalue weighted by molar-refractivity contribution is -0.385. The summed E-state index contributed by atoms with van der Waals surface area (Å²) in [5.41, 5.74) is 3.41. The Balaban J connectivity index is 1.93. The highest BCUT2D eigenvalue weighted by atomic mass is 16.6. The van der Waals surface area contributed by atoms with Crippen molar-refractivity contribution in [3.63, 3.8) is 0 Å². The second-order valence-electron chi connectivity index (χ2n) is 6.72. The third kappa shape index (κ3) is 3.02. The van der Waals surface area contributed by atoms with Crippen molar-refractivity contribution < 1.29 is 29.5 Å². The van der Waals surface area contributed by atoms with Crippen molar-refractivity contribution in [2.45, 2.75) is 0 Å². The molecule has 0 heterocycles. The van der Waals surface area contributed by atoms with Crippen LogP contribution in [0, 0.1) is 10.1 Å². The van der Waals surface area contributed by atoms with Crippen LogP contribution in [0.15, 0.2) is 48.5 Å². The molecule has 0 aromatic heterocycles. The standard InChI is InChI=1S/C21H13N3O7/c22-21(29)9-2-1-3-10(8-9)23-11-4-6-13(25)17-15(11)19(27)16-12(24(30)31)5-7-14(26)18(16)20(17)28/h1-8,23,25-26H,(H2,22,29). The van der Waals surface area contributed by atoms with E-state index in [4.69, 9.17) is 5.73 Å². The molecule has 4 rings (SSSR count). The summed E-state index contributed by atoms with van der Waals surface area (Å²) in [5, 5.41) is 34.7. The van der Waals surface area contributed by atoms with E-state index in [-0.39, 0.29) is 16.8 Å². The smallest absolute Gasteiger partial charge is 0.281 e. The minimum atomic E-state index is -0.933. The van der Waals surface area contributed by atoms with Crippen molar-refractivity contribution in [1.29, 1.82) is 0 Å². The average Bonchev–Trinajstić information content (AvgIpc) is 2.72. The molecule has 0 radical (unpaired) electrons. The number of nitrogens with one attached hydrogen (secondary N) is 1. The fraction of sp³-hybridized carbons (Fsp3) is 0. The lowest BCUT2D eigenvalue weighted by Gasteiger charge is -2.22. The van der Waals surface area contributed by atoms with Gasteiger partial charge in [-0.1, -0.05) is 6.07 Å². The van der Waals surface area contributed by atoms with E-state index < -0.39 is 56.3 Å². The van der Waals surface area contributed by atoms with Gasteiger partial charge in [-0.25, -0.2) is 0 Å². The zero-order valence-electron chi connectivity index (χ0n) is 15.6. The molecular weight excluding hydrogens is 406 g/mol. The van der Waals surface area contributed by atoms with E-state index in [2.05, 4.69) is 5.32 Å². The van der Waals surface area contributed by atoms with Crippen LogP contribution in [0.3, 0.4) is 0 Å². The number of anilines is 2. The number of nitro groups is 1. The number of nitro benzene ring substituents is 1. The molecule has 0 saturated heterocycles. The normalized spacial score (nSPS) is 12.1. The molecule has 31 heavy (non-hydrogen) atoms. The number of fused-ring (bicyclic) bond motifs is 2. The van der Waals surface area contributed by atoms with Crippen LogP contribution in [0.25, 0.3) is 0 Å². The molecule has 0 fully saturated rings. The molecular formula is C21H13N3O7. The number of phenolic OH excluding ortho intramolecular Hbond substituents is 2. The van der Waals surface area contributed by atoms with Crippen molar-refractivity contribution in [2.24, 2.45) is 5.73 Å². The number of rotatable bonds is 4. The Morgan fingerprint density at radius 3 is 2.16 bits per heavy atom. The lowest BCUT2D eigenvalue weighted by Crippen LogP contribution is -2.23. The maximum atomic E-state index is 13.3. The van der Waals surface area contributed by atoms with Gasteiger partial charge in [-0.15, -0.1) is 0 Å². The summed E-state index contributed by atoms with van der Waals surface area (Å²) in [7, 11) is 0. The molecule has 10 heteroatoms. The predicted octanol–water partition coefficient (Wildman–Crippen LogP) is 2.62. The second-order valence-corrected chi connectivity index (χ2v) is 6.72. The monoisotopic (exact) mass is 419 g/mol. The van der Waals surface area contributed by atoms with Gasteiger partial charge in [-0.05, 0) is 36.4 Å². The van der Waals surface area contributed by atoms with Crippen molar-refractivity contribution in [3.8, 4) is 11.5 Å². The maximum Gasteiger partial charge on any atom is 0.281 e. The lowest BCUT2D eigenvalue weighted by atomic mass is 9.81. The topological polar surface area (TPSA) is 173 Å². The predicted molar refractivity (Wildman–Crippen MR) is 108 cm³/mol. The van der Waals surface area contributed by atoms with Gasteiger partial charge in [0.05, 0.1) is 27.3 Å². The van der Waals surface area contributed by atoms with Crippen LogP contribution in [0.1, 0.15) is 42.2 Å². The largest absolute Gasteiger partial charge is 0.507 e. The van der Waals surface area contributed by atoms with Gasteiger partial charge < -0.3 is 21.3 Å². The molecule has 1 amide bonds. The van der Waals surface area contributed by atoms with Gasteiger partial charge in [0.2, 0.25) is 17.5 Å². The summed E-state index contributed by atoms with van der Waals surface area (Å²) < 4.78 is 0. The highest BCUT2D eigenvalue weighted by Crippen LogP contribution is 2.43. The summed E-state index contributed by atoms with van der Waals surface area (Å²) in [6, 6.07) is 10.4. The van der Waals surface area contributed by atoms with Crippen LogP contribution in [0.5, 0.6) is 11.5 Å². The molecule has 0 atom stereocenters. The van der Waals surface area contributed by atoms with Crippen LogP contribution >= 0.6 is 0 Å². The third-order valence-electron chi connectivity index (χ3n) is 4.88. The Kier molecular flexibility index (Phi) is 4.39. The first-order chi connectivity index (χ1) is 14.7. The molecule has 0 unspecified atom stereocenters. The number of hydrogen-bond acceptors (Lipinski definition) is 8. The van der Waals surface area contributed by atoms with Gasteiger partial charge >= 0.3 is 0 Å². The van der Waals surface area contributed by atoms with Crippen molar-refractivity contribution in [1.82, 2.24) is 0 Å². The minimum absolute atomic E-state index is 0.0658. The quantitative estimate of drug-likeness (QED) is 0.222. The first kappa shape index (κ1) is 19.6. The summed E-state index contributed by atoms with van der Waals surface area (Å²) >= 11 is 0. The minimum Gasteiger partial charge on any atom is -0.507 e. The van der Waals surface area contributed by atoms with E-state index in [1.54, 1.807) is 12.1 Å². The first-order valence-electron chi connectivity index (χ1n) is 8.83. The molecule has 1 aliphatic rings. The number of ketones is 2. The van der Waals surface area contributed by atoms with E-state index in [0.717, 1.165) is 12.1 Å². The Bertz CT molecular complexity index is 1330. The van der Waals surface area contributed by atoms with Gasteiger partial charge in [-0.2, -0.15) is 0 Å². The number of nitrogens with zero attached hydrogens (tertiary/aromatic N) is 1. The maximum absolute atomic E-state index is 13.3. The Morgan fingerprint density at radius 1 is 0.903 bits per heavy atom. The van der Waals surface area contributed by atoms with Gasteiger partial charge in [-0.3, -0.25) is 24.5 Å². The SMILES string of the molecule is NC(=O)c1cccc(Nc2ccc(O)c3c2C(=O)c2c([N+](=O)[O-])ccc(O)c2C3=O)c1. The highest BCUT2D eigenvalue weighted by molar-refractivity contribution is 6.33. The Hall–Kier alpha value is -4.73. The number of aromatic hydroxyl groups is 2. The van der Waals surface area contributed by atoms with Crippen molar-refractivity contribution >= 4 is 34.5 Å². The molecule has 5 N–H and O–H groups in total. The van der Waals surface area contributed by atoms with Crippen LogP contribution in [-0.2, 0) is 0 Å². The number of amides is 1. The number of phenols is 2. The molecule has 154 valence electrons. The molecule has 0 aliphatic heterocycles. The molecule has 0 saturated carbocycles. The third-order valence-corrected chi connectivity index (χ3v) is 4.88. The van der Waals surface area contributed by atoms with Gasteiger partial charge in [0.25, 0.3) is 5.69 Å². The number of primary amides is 1. The van der Waals surface area contributed by atoms with E-state index in [1.165, 1.54) is 24.3 Å². The Morgan fingerprint density at radius 2 is 1.52 bits per heavy atom. The molecule has 1 aliphatic carbocycles. The van der Waals surface area contributed by atoms with Gasteiger partial charge in [0.15, 0.2) is 0 Å². The number of carbonyl (C=O) groups is 3. The van der Waals surface area contributed by atoms with Gasteiger partial charge in [0.1, 0.15) is 17.1 Å². The van der Waals surface area contributed by atoms with Crippen LogP contribution in [-0.4, -0.2) is 32.6 Å². The van der Waals surface area contributed by atoms with Crippen molar-refractivity contribution in [2.75, 3.05) is 5.32 Å². The summed E-state index contributed by atoms with van der Waals surface area (Å²) in [4.78, 5) is 48.3. The Labute approximate surface area is 173 Å². The van der Waals surface area contributed by atoms with E-state index in [0.29, 0.717) is 5.69 Å². The molecule has 0 bridgehead atoms.